The van der Waals surface area contributed by atoms with Crippen LogP contribution in [0.25, 0.3) is 0 Å². The Morgan fingerprint density at radius 3 is 2.95 bits per heavy atom. The number of rotatable bonds is 4. The fourth-order valence-corrected chi connectivity index (χ4v) is 3.32. The van der Waals surface area contributed by atoms with Crippen LogP contribution in [0.5, 0.6) is 0 Å². The standard InChI is InChI=1S/C15H18ClN3/c1-3-19-15(13(16)9-18-19)14(17-2)12-8-10-6-4-5-7-11(10)12/h4-7,9,12,14,17H,3,8H2,1-2H3. The minimum absolute atomic E-state index is 0.227. The maximum atomic E-state index is 6.33. The summed E-state index contributed by atoms with van der Waals surface area (Å²) in [6.07, 6.45) is 2.85. The average Bonchev–Trinajstić information content (AvgIpc) is 2.77. The van der Waals surface area contributed by atoms with Gasteiger partial charge in [-0.25, -0.2) is 0 Å². The maximum Gasteiger partial charge on any atom is 0.0834 e. The second kappa shape index (κ2) is 4.99. The number of likely N-dealkylation sites (N-methyl/N-ethyl adjacent to an activating group) is 1. The number of hydrogen-bond acceptors (Lipinski definition) is 2. The van der Waals surface area contributed by atoms with Crippen LogP contribution in [-0.4, -0.2) is 16.8 Å². The van der Waals surface area contributed by atoms with Crippen molar-refractivity contribution in [3.8, 4) is 0 Å². The van der Waals surface area contributed by atoms with Crippen LogP contribution in [0.15, 0.2) is 30.5 Å². The van der Waals surface area contributed by atoms with Gasteiger partial charge in [-0.1, -0.05) is 35.9 Å². The Balaban J connectivity index is 1.97. The number of halogens is 1. The normalized spacial score (nSPS) is 18.8. The molecule has 0 saturated heterocycles. The van der Waals surface area contributed by atoms with Gasteiger partial charge in [0.05, 0.1) is 23.0 Å². The molecule has 0 aliphatic heterocycles. The predicted molar refractivity (Wildman–Crippen MR) is 77.6 cm³/mol. The van der Waals surface area contributed by atoms with Crippen LogP contribution in [0.3, 0.4) is 0 Å². The lowest BCUT2D eigenvalue weighted by Crippen LogP contribution is -2.33. The number of fused-ring (bicyclic) bond motifs is 1. The number of benzene rings is 1. The van der Waals surface area contributed by atoms with Crippen LogP contribution in [0.2, 0.25) is 5.02 Å². The predicted octanol–water partition coefficient (Wildman–Crippen LogP) is 3.16. The van der Waals surface area contributed by atoms with Crippen LogP contribution >= 0.6 is 11.6 Å². The molecule has 0 spiro atoms. The van der Waals surface area contributed by atoms with Gasteiger partial charge in [-0.15, -0.1) is 0 Å². The highest BCUT2D eigenvalue weighted by atomic mass is 35.5. The van der Waals surface area contributed by atoms with E-state index in [1.54, 1.807) is 6.20 Å². The van der Waals surface area contributed by atoms with Crippen molar-refractivity contribution in [2.75, 3.05) is 7.05 Å². The van der Waals surface area contributed by atoms with Crippen LogP contribution in [0.1, 0.15) is 35.7 Å². The first kappa shape index (κ1) is 12.7. The first-order valence-electron chi connectivity index (χ1n) is 6.72. The Bertz CT molecular complexity index is 591. The fraction of sp³-hybridized carbons (Fsp3) is 0.400. The highest BCUT2D eigenvalue weighted by Gasteiger charge is 2.35. The molecule has 2 atom stereocenters. The van der Waals surface area contributed by atoms with Gasteiger partial charge in [0.2, 0.25) is 0 Å². The summed E-state index contributed by atoms with van der Waals surface area (Å²) in [5, 5.41) is 8.52. The topological polar surface area (TPSA) is 29.9 Å². The monoisotopic (exact) mass is 275 g/mol. The van der Waals surface area contributed by atoms with E-state index in [2.05, 4.69) is 41.6 Å². The molecule has 2 aromatic rings. The Labute approximate surface area is 118 Å². The molecule has 1 aliphatic carbocycles. The molecule has 0 amide bonds. The molecule has 0 radical (unpaired) electrons. The molecule has 1 aromatic heterocycles. The summed E-state index contributed by atoms with van der Waals surface area (Å²) in [6.45, 7) is 2.93. The smallest absolute Gasteiger partial charge is 0.0834 e. The minimum atomic E-state index is 0.227. The molecular formula is C15H18ClN3. The summed E-state index contributed by atoms with van der Waals surface area (Å²) in [6, 6.07) is 8.86. The number of hydrogen-bond donors (Lipinski definition) is 1. The first-order valence-corrected chi connectivity index (χ1v) is 7.10. The zero-order chi connectivity index (χ0) is 13.4. The van der Waals surface area contributed by atoms with E-state index in [4.69, 9.17) is 11.6 Å². The lowest BCUT2D eigenvalue weighted by atomic mass is 9.72. The number of nitrogens with zero attached hydrogens (tertiary/aromatic N) is 2. The molecule has 3 nitrogen and oxygen atoms in total. The first-order chi connectivity index (χ1) is 9.26. The highest BCUT2D eigenvalue weighted by Crippen LogP contribution is 2.44. The highest BCUT2D eigenvalue weighted by molar-refractivity contribution is 6.31. The van der Waals surface area contributed by atoms with Crippen molar-refractivity contribution in [1.29, 1.82) is 0 Å². The Kier molecular flexibility index (Phi) is 3.33. The lowest BCUT2D eigenvalue weighted by Gasteiger charge is -2.36. The average molecular weight is 276 g/mol. The SMILES string of the molecule is CCn1ncc(Cl)c1C(NC)C1Cc2ccccc21. The molecule has 3 rings (SSSR count). The summed E-state index contributed by atoms with van der Waals surface area (Å²) >= 11 is 6.33. The number of nitrogens with one attached hydrogen (secondary N) is 1. The Morgan fingerprint density at radius 2 is 2.26 bits per heavy atom. The van der Waals surface area contributed by atoms with Crippen LogP contribution in [0.4, 0.5) is 0 Å². The van der Waals surface area contributed by atoms with E-state index >= 15 is 0 Å². The third kappa shape index (κ3) is 1.97. The molecule has 19 heavy (non-hydrogen) atoms. The molecular weight excluding hydrogens is 258 g/mol. The van der Waals surface area contributed by atoms with Crippen molar-refractivity contribution in [2.24, 2.45) is 0 Å². The van der Waals surface area contributed by atoms with E-state index in [9.17, 15) is 0 Å². The molecule has 0 bridgehead atoms. The van der Waals surface area contributed by atoms with E-state index < -0.39 is 0 Å². The van der Waals surface area contributed by atoms with Gasteiger partial charge in [-0.05, 0) is 31.5 Å². The third-order valence-electron chi connectivity index (χ3n) is 4.04. The fourth-order valence-electron chi connectivity index (χ4n) is 3.06. The second-order valence-electron chi connectivity index (χ2n) is 4.97. The minimum Gasteiger partial charge on any atom is -0.311 e. The summed E-state index contributed by atoms with van der Waals surface area (Å²) in [5.41, 5.74) is 3.99. The van der Waals surface area contributed by atoms with Gasteiger partial charge in [0, 0.05) is 12.5 Å². The molecule has 1 aromatic carbocycles. The van der Waals surface area contributed by atoms with Crippen LogP contribution in [0, 0.1) is 0 Å². The zero-order valence-electron chi connectivity index (χ0n) is 11.2. The molecule has 1 aliphatic rings. The van der Waals surface area contributed by atoms with E-state index in [0.29, 0.717) is 5.92 Å². The summed E-state index contributed by atoms with van der Waals surface area (Å²) in [7, 11) is 1.99. The zero-order valence-corrected chi connectivity index (χ0v) is 12.0. The van der Waals surface area contributed by atoms with Gasteiger partial charge in [-0.3, -0.25) is 4.68 Å². The summed E-state index contributed by atoms with van der Waals surface area (Å²) in [4.78, 5) is 0. The summed E-state index contributed by atoms with van der Waals surface area (Å²) < 4.78 is 1.99. The second-order valence-corrected chi connectivity index (χ2v) is 5.38. The van der Waals surface area contributed by atoms with E-state index in [1.807, 2.05) is 11.7 Å². The van der Waals surface area contributed by atoms with Crippen molar-refractivity contribution < 1.29 is 0 Å². The van der Waals surface area contributed by atoms with Crippen molar-refractivity contribution >= 4 is 11.6 Å². The van der Waals surface area contributed by atoms with Crippen molar-refractivity contribution in [1.82, 2.24) is 15.1 Å². The van der Waals surface area contributed by atoms with Crippen LogP contribution in [-0.2, 0) is 13.0 Å². The molecule has 4 heteroatoms. The molecule has 1 heterocycles. The van der Waals surface area contributed by atoms with Crippen molar-refractivity contribution in [3.63, 3.8) is 0 Å². The quantitative estimate of drug-likeness (QED) is 0.929. The molecule has 0 saturated carbocycles. The van der Waals surface area contributed by atoms with Gasteiger partial charge >= 0.3 is 0 Å². The molecule has 0 fully saturated rings. The Morgan fingerprint density at radius 1 is 1.47 bits per heavy atom. The van der Waals surface area contributed by atoms with Gasteiger partial charge in [0.15, 0.2) is 0 Å². The lowest BCUT2D eigenvalue weighted by molar-refractivity contribution is 0.408. The van der Waals surface area contributed by atoms with E-state index in [0.717, 1.165) is 23.7 Å². The molecule has 100 valence electrons. The Hall–Kier alpha value is -1.32. The maximum absolute atomic E-state index is 6.33. The van der Waals surface area contributed by atoms with Gasteiger partial charge in [-0.2, -0.15) is 5.10 Å². The van der Waals surface area contributed by atoms with Gasteiger partial charge in [0.1, 0.15) is 0 Å². The van der Waals surface area contributed by atoms with Gasteiger partial charge < -0.3 is 5.32 Å². The third-order valence-corrected chi connectivity index (χ3v) is 4.33. The molecule has 2 unspecified atom stereocenters. The van der Waals surface area contributed by atoms with Gasteiger partial charge in [0.25, 0.3) is 0 Å². The summed E-state index contributed by atoms with van der Waals surface area (Å²) in [5.74, 6) is 0.487. The van der Waals surface area contributed by atoms with Crippen molar-refractivity contribution in [2.45, 2.75) is 31.8 Å². The number of aryl methyl sites for hydroxylation is 1. The van der Waals surface area contributed by atoms with E-state index in [-0.39, 0.29) is 6.04 Å². The molecule has 1 N–H and O–H groups in total. The van der Waals surface area contributed by atoms with Crippen LogP contribution < -0.4 is 5.32 Å². The van der Waals surface area contributed by atoms with Crippen molar-refractivity contribution in [3.05, 3.63) is 52.3 Å². The largest absolute Gasteiger partial charge is 0.311 e. The van der Waals surface area contributed by atoms with E-state index in [1.165, 1.54) is 11.1 Å². The number of aromatic nitrogens is 2.